The first-order chi connectivity index (χ1) is 14.9. The number of aliphatic hydroxyl groups excluding tert-OH is 2. The second-order valence-electron chi connectivity index (χ2n) is 8.61. The summed E-state index contributed by atoms with van der Waals surface area (Å²) >= 11 is 0. The van der Waals surface area contributed by atoms with Crippen LogP contribution in [0.15, 0.2) is 18.5 Å². The van der Waals surface area contributed by atoms with E-state index in [2.05, 4.69) is 17.0 Å². The average molecular weight is 429 g/mol. The van der Waals surface area contributed by atoms with Crippen molar-refractivity contribution in [2.45, 2.75) is 62.9 Å². The first-order valence-corrected chi connectivity index (χ1v) is 10.5. The number of aliphatic hydroxyl groups is 2. The van der Waals surface area contributed by atoms with Gasteiger partial charge in [0.25, 0.3) is 0 Å². The summed E-state index contributed by atoms with van der Waals surface area (Å²) in [6.07, 6.45) is 1.71. The summed E-state index contributed by atoms with van der Waals surface area (Å²) in [5, 5.41) is 35.2. The molecule has 4 atom stereocenters. The molecule has 1 aliphatic heterocycles. The SMILES string of the molecule is CC1CCC(CC(=O)OC[C@H]2O[C@@](C#N)(c3ccc4c(N)ncnn34)[C@H](O)[C@@H]2O)CC1. The number of nitrogens with zero attached hydrogens (tertiary/aromatic N) is 4. The molecule has 1 saturated carbocycles. The number of carbonyl (C=O) groups excluding carboxylic acids is 1. The fourth-order valence-corrected chi connectivity index (χ4v) is 4.55. The van der Waals surface area contributed by atoms with Gasteiger partial charge >= 0.3 is 5.97 Å². The van der Waals surface area contributed by atoms with E-state index in [1.165, 1.54) is 16.9 Å². The summed E-state index contributed by atoms with van der Waals surface area (Å²) in [5.41, 5.74) is 4.59. The largest absolute Gasteiger partial charge is 0.463 e. The number of carbonyl (C=O) groups is 1. The highest BCUT2D eigenvalue weighted by molar-refractivity contribution is 5.69. The normalized spacial score (nSPS) is 33.3. The van der Waals surface area contributed by atoms with Crippen LogP contribution in [-0.2, 0) is 19.9 Å². The minimum absolute atomic E-state index is 0.199. The highest BCUT2D eigenvalue weighted by Crippen LogP contribution is 2.40. The fourth-order valence-electron chi connectivity index (χ4n) is 4.55. The molecule has 0 amide bonds. The molecule has 0 unspecified atom stereocenters. The molecule has 2 aromatic heterocycles. The predicted molar refractivity (Wildman–Crippen MR) is 108 cm³/mol. The first kappa shape index (κ1) is 21.5. The Morgan fingerprint density at radius 2 is 2.13 bits per heavy atom. The van der Waals surface area contributed by atoms with Gasteiger partial charge in [0.1, 0.15) is 42.8 Å². The van der Waals surface area contributed by atoms with Gasteiger partial charge in [-0.3, -0.25) is 4.79 Å². The molecular formula is C21H27N5O5. The van der Waals surface area contributed by atoms with E-state index in [4.69, 9.17) is 15.2 Å². The van der Waals surface area contributed by atoms with E-state index in [0.29, 0.717) is 23.8 Å². The molecule has 0 radical (unpaired) electrons. The van der Waals surface area contributed by atoms with Crippen molar-refractivity contribution in [2.24, 2.45) is 11.8 Å². The Kier molecular flexibility index (Phi) is 5.83. The van der Waals surface area contributed by atoms with Crippen molar-refractivity contribution >= 4 is 17.3 Å². The van der Waals surface area contributed by atoms with Crippen LogP contribution in [0.3, 0.4) is 0 Å². The molecule has 0 spiro atoms. The van der Waals surface area contributed by atoms with E-state index < -0.39 is 23.9 Å². The fraction of sp³-hybridized carbons (Fsp3) is 0.619. The molecular weight excluding hydrogens is 402 g/mol. The van der Waals surface area contributed by atoms with Crippen molar-refractivity contribution in [1.29, 1.82) is 5.26 Å². The van der Waals surface area contributed by atoms with Crippen molar-refractivity contribution in [3.63, 3.8) is 0 Å². The lowest BCUT2D eigenvalue weighted by Crippen LogP contribution is -2.41. The molecule has 4 rings (SSSR count). The topological polar surface area (TPSA) is 156 Å². The lowest BCUT2D eigenvalue weighted by Gasteiger charge is -2.25. The Labute approximate surface area is 179 Å². The number of nitrogens with two attached hydrogens (primary N) is 1. The maximum atomic E-state index is 12.3. The van der Waals surface area contributed by atoms with Crippen LogP contribution in [0.5, 0.6) is 0 Å². The van der Waals surface area contributed by atoms with Gasteiger partial charge in [-0.05, 0) is 36.8 Å². The number of fused-ring (bicyclic) bond motifs is 1. The van der Waals surface area contributed by atoms with Crippen molar-refractivity contribution in [3.05, 3.63) is 24.2 Å². The molecule has 10 nitrogen and oxygen atoms in total. The molecule has 10 heteroatoms. The predicted octanol–water partition coefficient (Wildman–Crippen LogP) is 0.911. The monoisotopic (exact) mass is 429 g/mol. The van der Waals surface area contributed by atoms with E-state index in [1.807, 2.05) is 6.07 Å². The Morgan fingerprint density at radius 1 is 1.39 bits per heavy atom. The molecule has 1 aliphatic carbocycles. The van der Waals surface area contributed by atoms with Crippen molar-refractivity contribution in [2.75, 3.05) is 12.3 Å². The van der Waals surface area contributed by atoms with Crippen LogP contribution in [-0.4, -0.2) is 55.7 Å². The van der Waals surface area contributed by atoms with Gasteiger partial charge in [0, 0.05) is 6.42 Å². The molecule has 3 heterocycles. The molecule has 1 saturated heterocycles. The third-order valence-electron chi connectivity index (χ3n) is 6.49. The zero-order valence-electron chi connectivity index (χ0n) is 17.3. The van der Waals surface area contributed by atoms with Crippen LogP contribution < -0.4 is 5.73 Å². The number of hydrogen-bond donors (Lipinski definition) is 3. The van der Waals surface area contributed by atoms with Crippen LogP contribution in [0.25, 0.3) is 5.52 Å². The van der Waals surface area contributed by atoms with Crippen LogP contribution >= 0.6 is 0 Å². The Morgan fingerprint density at radius 3 is 2.84 bits per heavy atom. The van der Waals surface area contributed by atoms with E-state index in [-0.39, 0.29) is 24.1 Å². The van der Waals surface area contributed by atoms with Crippen LogP contribution in [0.1, 0.15) is 44.7 Å². The third kappa shape index (κ3) is 3.84. The number of nitriles is 1. The minimum Gasteiger partial charge on any atom is -0.463 e. The molecule has 166 valence electrons. The van der Waals surface area contributed by atoms with E-state index in [9.17, 15) is 20.3 Å². The first-order valence-electron chi connectivity index (χ1n) is 10.5. The summed E-state index contributed by atoms with van der Waals surface area (Å²) in [5.74, 6) is 0.831. The summed E-state index contributed by atoms with van der Waals surface area (Å²) < 4.78 is 12.5. The highest BCUT2D eigenvalue weighted by Gasteiger charge is 2.57. The van der Waals surface area contributed by atoms with E-state index >= 15 is 0 Å². The number of rotatable bonds is 5. The highest BCUT2D eigenvalue weighted by atomic mass is 16.6. The minimum atomic E-state index is -1.90. The second-order valence-corrected chi connectivity index (χ2v) is 8.61. The van der Waals surface area contributed by atoms with Gasteiger partial charge in [0.2, 0.25) is 5.60 Å². The van der Waals surface area contributed by atoms with Crippen LogP contribution in [0.2, 0.25) is 0 Å². The maximum absolute atomic E-state index is 12.3. The van der Waals surface area contributed by atoms with Gasteiger partial charge in [-0.1, -0.05) is 19.8 Å². The van der Waals surface area contributed by atoms with Gasteiger partial charge in [0.15, 0.2) is 5.82 Å². The van der Waals surface area contributed by atoms with Gasteiger partial charge in [0.05, 0.1) is 5.69 Å². The number of esters is 1. The van der Waals surface area contributed by atoms with Gasteiger partial charge < -0.3 is 25.4 Å². The molecule has 4 N–H and O–H groups in total. The van der Waals surface area contributed by atoms with E-state index in [0.717, 1.165) is 25.7 Å². The van der Waals surface area contributed by atoms with Crippen molar-refractivity contribution < 1.29 is 24.5 Å². The zero-order chi connectivity index (χ0) is 22.2. The van der Waals surface area contributed by atoms with Crippen LogP contribution in [0, 0.1) is 23.2 Å². The van der Waals surface area contributed by atoms with Crippen LogP contribution in [0.4, 0.5) is 5.82 Å². The van der Waals surface area contributed by atoms with Gasteiger partial charge in [-0.25, -0.2) is 9.50 Å². The number of ether oxygens (including phenoxy) is 2. The maximum Gasteiger partial charge on any atom is 0.306 e. The number of anilines is 1. The molecule has 31 heavy (non-hydrogen) atoms. The smallest absolute Gasteiger partial charge is 0.306 e. The standard InChI is InChI=1S/C21H27N5O5/c1-12-2-4-13(5-3-12)8-17(27)30-9-15-18(28)19(29)21(10-22,31-15)16-7-6-14-20(23)24-11-25-26(14)16/h6-7,11-13,15,18-19,28-29H,2-5,8-9H2,1H3,(H2,23,24,25)/t12?,13?,15-,18-,19-,21+/m1/s1. The zero-order valence-corrected chi connectivity index (χ0v) is 17.3. The average Bonchev–Trinajstić information content (AvgIpc) is 3.30. The molecule has 2 aromatic rings. The second kappa shape index (κ2) is 8.42. The molecule has 2 fully saturated rings. The van der Waals surface area contributed by atoms with Crippen molar-refractivity contribution in [1.82, 2.24) is 14.6 Å². The molecule has 2 aliphatic rings. The van der Waals surface area contributed by atoms with Gasteiger partial charge in [-0.15, -0.1) is 0 Å². The Bertz CT molecular complexity index is 996. The summed E-state index contributed by atoms with van der Waals surface area (Å²) in [4.78, 5) is 16.2. The quantitative estimate of drug-likeness (QED) is 0.588. The summed E-state index contributed by atoms with van der Waals surface area (Å²) in [7, 11) is 0. The lowest BCUT2D eigenvalue weighted by atomic mass is 9.81. The summed E-state index contributed by atoms with van der Waals surface area (Å²) in [6, 6.07) is 5.11. The Hall–Kier alpha value is -2.74. The van der Waals surface area contributed by atoms with Crippen molar-refractivity contribution in [3.8, 4) is 6.07 Å². The number of aromatic nitrogens is 3. The van der Waals surface area contributed by atoms with Gasteiger partial charge in [-0.2, -0.15) is 10.4 Å². The Balaban J connectivity index is 1.46. The molecule has 0 aromatic carbocycles. The van der Waals surface area contributed by atoms with E-state index in [1.54, 1.807) is 6.07 Å². The third-order valence-corrected chi connectivity index (χ3v) is 6.49. The molecule has 0 bridgehead atoms. The number of nitrogen functional groups attached to an aromatic ring is 1. The number of hydrogen-bond acceptors (Lipinski definition) is 9. The summed E-state index contributed by atoms with van der Waals surface area (Å²) in [6.45, 7) is 1.96. The lowest BCUT2D eigenvalue weighted by molar-refractivity contribution is -0.152.